The molecule has 0 aliphatic rings. The Kier molecular flexibility index (Phi) is 6.79. The second kappa shape index (κ2) is 8.85. The van der Waals surface area contributed by atoms with E-state index in [1.165, 1.54) is 22.6 Å². The van der Waals surface area contributed by atoms with Crippen molar-refractivity contribution < 1.29 is 18.3 Å². The molecule has 0 radical (unpaired) electrons. The van der Waals surface area contributed by atoms with E-state index in [1.54, 1.807) is 31.2 Å². The number of nitrogens with zero attached hydrogens (tertiary/aromatic N) is 2. The summed E-state index contributed by atoms with van der Waals surface area (Å²) in [6, 6.07) is 11.0. The Morgan fingerprint density at radius 3 is 2.33 bits per heavy atom. The first-order valence-corrected chi connectivity index (χ1v) is 10.2. The van der Waals surface area contributed by atoms with Gasteiger partial charge in [0.15, 0.2) is 0 Å². The van der Waals surface area contributed by atoms with Crippen molar-refractivity contribution in [2.45, 2.75) is 38.1 Å². The van der Waals surface area contributed by atoms with Crippen LogP contribution in [0.2, 0.25) is 0 Å². The van der Waals surface area contributed by atoms with Crippen LogP contribution in [0.25, 0.3) is 0 Å². The minimum Gasteiger partial charge on any atom is -0.480 e. The molecule has 1 heterocycles. The van der Waals surface area contributed by atoms with Gasteiger partial charge in [-0.05, 0) is 43.5 Å². The van der Waals surface area contributed by atoms with Crippen molar-refractivity contribution in [2.24, 2.45) is 5.92 Å². The van der Waals surface area contributed by atoms with E-state index in [9.17, 15) is 18.3 Å². The molecule has 0 bridgehead atoms. The van der Waals surface area contributed by atoms with Crippen LogP contribution in [0.3, 0.4) is 0 Å². The normalized spacial score (nSPS) is 12.6. The maximum atomic E-state index is 12.9. The summed E-state index contributed by atoms with van der Waals surface area (Å²) in [6.07, 6.45) is 1.69. The Balaban J connectivity index is 2.23. The molecule has 0 amide bonds. The lowest BCUT2D eigenvalue weighted by Crippen LogP contribution is -2.32. The fraction of sp³-hybridized carbons (Fsp3) is 0.368. The fourth-order valence-electron chi connectivity index (χ4n) is 2.70. The third kappa shape index (κ3) is 5.19. The number of nitrogens with one attached hydrogen (secondary N) is 1. The van der Waals surface area contributed by atoms with Gasteiger partial charge in [0, 0.05) is 12.7 Å². The first-order chi connectivity index (χ1) is 12.8. The van der Waals surface area contributed by atoms with Crippen LogP contribution in [0.5, 0.6) is 0 Å². The number of sulfonamides is 1. The molecule has 1 atom stereocenters. The fourth-order valence-corrected chi connectivity index (χ4v) is 4.12. The minimum atomic E-state index is -3.76. The molecule has 0 aliphatic heterocycles. The maximum Gasteiger partial charge on any atom is 0.326 e. The van der Waals surface area contributed by atoms with E-state index in [4.69, 9.17) is 0 Å². The molecule has 0 saturated heterocycles. The summed E-state index contributed by atoms with van der Waals surface area (Å²) < 4.78 is 27.1. The number of carbonyl (C=O) groups is 1. The number of aromatic nitrogens is 1. The van der Waals surface area contributed by atoms with Crippen LogP contribution >= 0.6 is 0 Å². The van der Waals surface area contributed by atoms with Crippen LogP contribution in [0, 0.1) is 5.92 Å². The van der Waals surface area contributed by atoms with Gasteiger partial charge in [-0.25, -0.2) is 18.2 Å². The van der Waals surface area contributed by atoms with Gasteiger partial charge < -0.3 is 10.4 Å². The zero-order valence-electron chi connectivity index (χ0n) is 15.7. The SMILES string of the molecule is CCN(c1ccccc1)S(=O)(=O)c1ccc(N[C@@H](CC(C)C)C(=O)O)nc1. The highest BCUT2D eigenvalue weighted by atomic mass is 32.2. The summed E-state index contributed by atoms with van der Waals surface area (Å²) >= 11 is 0. The summed E-state index contributed by atoms with van der Waals surface area (Å²) in [6.45, 7) is 5.91. The number of anilines is 2. The molecular formula is C19H25N3O4S. The van der Waals surface area contributed by atoms with Crippen molar-refractivity contribution in [2.75, 3.05) is 16.2 Å². The molecule has 146 valence electrons. The number of pyridine rings is 1. The molecule has 8 heteroatoms. The van der Waals surface area contributed by atoms with E-state index in [2.05, 4.69) is 10.3 Å². The molecular weight excluding hydrogens is 366 g/mol. The number of benzene rings is 1. The Morgan fingerprint density at radius 2 is 1.85 bits per heavy atom. The number of aliphatic carboxylic acids is 1. The average Bonchev–Trinajstić information content (AvgIpc) is 2.62. The number of para-hydroxylation sites is 1. The van der Waals surface area contributed by atoms with Gasteiger partial charge in [0.1, 0.15) is 16.8 Å². The molecule has 0 unspecified atom stereocenters. The quantitative estimate of drug-likeness (QED) is 0.681. The second-order valence-electron chi connectivity index (χ2n) is 6.55. The highest BCUT2D eigenvalue weighted by molar-refractivity contribution is 7.92. The van der Waals surface area contributed by atoms with Gasteiger partial charge in [0.25, 0.3) is 10.0 Å². The summed E-state index contributed by atoms with van der Waals surface area (Å²) in [4.78, 5) is 15.5. The van der Waals surface area contributed by atoms with Gasteiger partial charge in [-0.2, -0.15) is 0 Å². The van der Waals surface area contributed by atoms with Gasteiger partial charge in [-0.15, -0.1) is 0 Å². The van der Waals surface area contributed by atoms with Crippen LogP contribution < -0.4 is 9.62 Å². The topological polar surface area (TPSA) is 99.6 Å². The van der Waals surface area contributed by atoms with E-state index in [-0.39, 0.29) is 17.4 Å². The molecule has 0 saturated carbocycles. The highest BCUT2D eigenvalue weighted by Gasteiger charge is 2.24. The molecule has 0 spiro atoms. The molecule has 2 aromatic rings. The number of hydrogen-bond acceptors (Lipinski definition) is 5. The monoisotopic (exact) mass is 391 g/mol. The molecule has 0 aliphatic carbocycles. The van der Waals surface area contributed by atoms with Crippen molar-refractivity contribution in [1.82, 2.24) is 4.98 Å². The summed E-state index contributed by atoms with van der Waals surface area (Å²) in [5, 5.41) is 12.1. The van der Waals surface area contributed by atoms with E-state index >= 15 is 0 Å². The van der Waals surface area contributed by atoms with Crippen molar-refractivity contribution in [1.29, 1.82) is 0 Å². The van der Waals surface area contributed by atoms with Crippen LogP contribution in [-0.4, -0.2) is 37.1 Å². The molecule has 0 fully saturated rings. The Morgan fingerprint density at radius 1 is 1.19 bits per heavy atom. The maximum absolute atomic E-state index is 12.9. The van der Waals surface area contributed by atoms with Crippen molar-refractivity contribution in [3.8, 4) is 0 Å². The van der Waals surface area contributed by atoms with Crippen LogP contribution in [0.1, 0.15) is 27.2 Å². The number of carboxylic acid groups (broad SMARTS) is 1. The third-order valence-electron chi connectivity index (χ3n) is 3.98. The summed E-state index contributed by atoms with van der Waals surface area (Å²) in [5.41, 5.74) is 0.574. The molecule has 1 aromatic heterocycles. The third-order valence-corrected chi connectivity index (χ3v) is 5.87. The predicted molar refractivity (Wildman–Crippen MR) is 105 cm³/mol. The molecule has 27 heavy (non-hydrogen) atoms. The Hall–Kier alpha value is -2.61. The standard InChI is InChI=1S/C19H25N3O4S/c1-4-22(15-8-6-5-7-9-15)27(25,26)16-10-11-18(20-13-16)21-17(19(23)24)12-14(2)3/h5-11,13-14,17H,4,12H2,1-3H3,(H,20,21)(H,23,24)/t17-/m0/s1. The van der Waals surface area contributed by atoms with Crippen LogP contribution in [0.15, 0.2) is 53.6 Å². The lowest BCUT2D eigenvalue weighted by atomic mass is 10.0. The van der Waals surface area contributed by atoms with Crippen LogP contribution in [0.4, 0.5) is 11.5 Å². The largest absolute Gasteiger partial charge is 0.480 e. The number of rotatable bonds is 9. The predicted octanol–water partition coefficient (Wildman–Crippen LogP) is 3.21. The Labute approximate surface area is 160 Å². The number of hydrogen-bond donors (Lipinski definition) is 2. The van der Waals surface area contributed by atoms with Gasteiger partial charge in [-0.3, -0.25) is 4.31 Å². The molecule has 1 aromatic carbocycles. The van der Waals surface area contributed by atoms with Crippen molar-refractivity contribution >= 4 is 27.5 Å². The van der Waals surface area contributed by atoms with Crippen LogP contribution in [-0.2, 0) is 14.8 Å². The van der Waals surface area contributed by atoms with Crippen molar-refractivity contribution in [3.63, 3.8) is 0 Å². The molecule has 2 N–H and O–H groups in total. The van der Waals surface area contributed by atoms with E-state index in [1.807, 2.05) is 19.9 Å². The average molecular weight is 391 g/mol. The van der Waals surface area contributed by atoms with E-state index < -0.39 is 22.0 Å². The summed E-state index contributed by atoms with van der Waals surface area (Å²) in [5.74, 6) is -0.449. The zero-order chi connectivity index (χ0) is 20.0. The Bertz CT molecular complexity index is 852. The highest BCUT2D eigenvalue weighted by Crippen LogP contribution is 2.23. The van der Waals surface area contributed by atoms with E-state index in [0.29, 0.717) is 17.9 Å². The van der Waals surface area contributed by atoms with Gasteiger partial charge in [0.05, 0.1) is 5.69 Å². The first-order valence-electron chi connectivity index (χ1n) is 8.79. The summed E-state index contributed by atoms with van der Waals surface area (Å²) in [7, 11) is -3.76. The van der Waals surface area contributed by atoms with Gasteiger partial charge in [0.2, 0.25) is 0 Å². The lowest BCUT2D eigenvalue weighted by molar-refractivity contribution is -0.138. The lowest BCUT2D eigenvalue weighted by Gasteiger charge is -2.23. The smallest absolute Gasteiger partial charge is 0.326 e. The molecule has 2 rings (SSSR count). The van der Waals surface area contributed by atoms with Gasteiger partial charge >= 0.3 is 5.97 Å². The molecule has 7 nitrogen and oxygen atoms in total. The number of carboxylic acids is 1. The first kappa shape index (κ1) is 20.7. The zero-order valence-corrected chi connectivity index (χ0v) is 16.5. The minimum absolute atomic E-state index is 0.0505. The van der Waals surface area contributed by atoms with Crippen molar-refractivity contribution in [3.05, 3.63) is 48.7 Å². The van der Waals surface area contributed by atoms with Gasteiger partial charge in [-0.1, -0.05) is 32.0 Å². The second-order valence-corrected chi connectivity index (χ2v) is 8.41. The van der Waals surface area contributed by atoms with E-state index in [0.717, 1.165) is 0 Å².